The number of aromatic nitrogens is 1. The molecule has 1 aromatic heterocycles. The molecular formula is C20H17NO5. The molecule has 0 saturated heterocycles. The zero-order valence-electron chi connectivity index (χ0n) is 13.8. The van der Waals surface area contributed by atoms with Crippen LogP contribution in [0.15, 0.2) is 77.9 Å². The molecule has 1 heterocycles. The van der Waals surface area contributed by atoms with Crippen molar-refractivity contribution in [3.05, 3.63) is 94.4 Å². The molecule has 1 unspecified atom stereocenters. The van der Waals surface area contributed by atoms with Crippen molar-refractivity contribution in [1.29, 1.82) is 0 Å². The standard InChI is InChI=1S/C20H17NO5/c22-17(14-7-3-1-4-8-14)12-21-11-16(20(24)25)19(23)18(13-21)26-15-9-5-2-6-10-15/h1-11,13,17,22H,12H2,(H,24,25). The van der Waals surface area contributed by atoms with E-state index >= 15 is 0 Å². The molecule has 3 rings (SSSR count). The second kappa shape index (κ2) is 7.67. The Morgan fingerprint density at radius 2 is 1.62 bits per heavy atom. The summed E-state index contributed by atoms with van der Waals surface area (Å²) in [6.45, 7) is 0.0791. The van der Waals surface area contributed by atoms with Crippen molar-refractivity contribution in [3.63, 3.8) is 0 Å². The molecule has 0 aliphatic rings. The predicted octanol–water partition coefficient (Wildman–Crippen LogP) is 3.07. The predicted molar refractivity (Wildman–Crippen MR) is 95.6 cm³/mol. The number of carboxylic acid groups (broad SMARTS) is 1. The van der Waals surface area contributed by atoms with E-state index in [0.717, 1.165) is 0 Å². The molecule has 2 N–H and O–H groups in total. The summed E-state index contributed by atoms with van der Waals surface area (Å²) in [6.07, 6.45) is 1.74. The minimum absolute atomic E-state index is 0.0791. The zero-order chi connectivity index (χ0) is 18.5. The van der Waals surface area contributed by atoms with Crippen LogP contribution in [0.2, 0.25) is 0 Å². The highest BCUT2D eigenvalue weighted by Crippen LogP contribution is 2.20. The Hall–Kier alpha value is -3.38. The quantitative estimate of drug-likeness (QED) is 0.712. The van der Waals surface area contributed by atoms with E-state index in [4.69, 9.17) is 4.74 Å². The second-order valence-electron chi connectivity index (χ2n) is 5.71. The Labute approximate surface area is 149 Å². The first-order chi connectivity index (χ1) is 12.5. The van der Waals surface area contributed by atoms with Crippen molar-refractivity contribution in [2.45, 2.75) is 12.6 Å². The summed E-state index contributed by atoms with van der Waals surface area (Å²) in [5.41, 5.74) is -0.445. The minimum Gasteiger partial charge on any atom is -0.477 e. The van der Waals surface area contributed by atoms with Crippen LogP contribution in [0.5, 0.6) is 11.5 Å². The molecule has 6 nitrogen and oxygen atoms in total. The number of nitrogens with zero attached hydrogens (tertiary/aromatic N) is 1. The Balaban J connectivity index is 1.95. The lowest BCUT2D eigenvalue weighted by atomic mass is 10.1. The molecule has 0 amide bonds. The third-order valence-electron chi connectivity index (χ3n) is 3.82. The van der Waals surface area contributed by atoms with Gasteiger partial charge in [0.05, 0.1) is 18.8 Å². The van der Waals surface area contributed by atoms with Gasteiger partial charge in [0.25, 0.3) is 0 Å². The lowest BCUT2D eigenvalue weighted by Crippen LogP contribution is -2.20. The molecule has 0 bridgehead atoms. The Morgan fingerprint density at radius 1 is 1.00 bits per heavy atom. The fourth-order valence-electron chi connectivity index (χ4n) is 2.53. The largest absolute Gasteiger partial charge is 0.477 e. The summed E-state index contributed by atoms with van der Waals surface area (Å²) in [7, 11) is 0. The topological polar surface area (TPSA) is 88.8 Å². The maximum Gasteiger partial charge on any atom is 0.341 e. The van der Waals surface area contributed by atoms with Crippen molar-refractivity contribution in [3.8, 4) is 11.5 Å². The SMILES string of the molecule is O=C(O)c1cn(CC(O)c2ccccc2)cc(Oc2ccccc2)c1=O. The van der Waals surface area contributed by atoms with Crippen LogP contribution < -0.4 is 10.2 Å². The molecule has 0 saturated carbocycles. The van der Waals surface area contributed by atoms with Crippen LogP contribution in [0.3, 0.4) is 0 Å². The number of benzene rings is 2. The lowest BCUT2D eigenvalue weighted by Gasteiger charge is -2.15. The van der Waals surface area contributed by atoms with Gasteiger partial charge >= 0.3 is 5.97 Å². The number of carbonyl (C=O) groups is 1. The van der Waals surface area contributed by atoms with E-state index in [-0.39, 0.29) is 12.3 Å². The fourth-order valence-corrected chi connectivity index (χ4v) is 2.53. The van der Waals surface area contributed by atoms with Gasteiger partial charge < -0.3 is 19.5 Å². The molecule has 26 heavy (non-hydrogen) atoms. The molecule has 1 atom stereocenters. The second-order valence-corrected chi connectivity index (χ2v) is 5.71. The van der Waals surface area contributed by atoms with Crippen LogP contribution >= 0.6 is 0 Å². The first-order valence-electron chi connectivity index (χ1n) is 7.98. The van der Waals surface area contributed by atoms with Gasteiger partial charge in [0.2, 0.25) is 5.43 Å². The molecule has 6 heteroatoms. The summed E-state index contributed by atoms with van der Waals surface area (Å²) in [5, 5.41) is 19.7. The number of carboxylic acids is 1. The van der Waals surface area contributed by atoms with Crippen LogP contribution in [0.1, 0.15) is 22.0 Å². The number of aliphatic hydroxyl groups is 1. The van der Waals surface area contributed by atoms with E-state index in [1.165, 1.54) is 17.0 Å². The number of hydrogen-bond donors (Lipinski definition) is 2. The molecule has 0 fully saturated rings. The van der Waals surface area contributed by atoms with Gasteiger partial charge in [-0.15, -0.1) is 0 Å². The van der Waals surface area contributed by atoms with Crippen LogP contribution in [-0.2, 0) is 6.54 Å². The van der Waals surface area contributed by atoms with Gasteiger partial charge in [0.1, 0.15) is 11.3 Å². The first-order valence-corrected chi connectivity index (χ1v) is 7.98. The third kappa shape index (κ3) is 3.99. The molecule has 132 valence electrons. The maximum absolute atomic E-state index is 12.3. The van der Waals surface area contributed by atoms with Gasteiger partial charge in [-0.2, -0.15) is 0 Å². The van der Waals surface area contributed by atoms with Crippen molar-refractivity contribution >= 4 is 5.97 Å². The fraction of sp³-hybridized carbons (Fsp3) is 0.100. The molecule has 3 aromatic rings. The Bertz CT molecular complexity index is 951. The number of hydrogen-bond acceptors (Lipinski definition) is 4. The van der Waals surface area contributed by atoms with E-state index in [0.29, 0.717) is 11.3 Å². The highest BCUT2D eigenvalue weighted by atomic mass is 16.5. The van der Waals surface area contributed by atoms with E-state index in [1.54, 1.807) is 54.6 Å². The smallest absolute Gasteiger partial charge is 0.341 e. The number of aliphatic hydroxyl groups excluding tert-OH is 1. The van der Waals surface area contributed by atoms with E-state index < -0.39 is 23.1 Å². The highest BCUT2D eigenvalue weighted by molar-refractivity contribution is 5.87. The van der Waals surface area contributed by atoms with Crippen molar-refractivity contribution < 1.29 is 19.7 Å². The maximum atomic E-state index is 12.3. The van der Waals surface area contributed by atoms with Crippen LogP contribution in [-0.4, -0.2) is 20.7 Å². The Morgan fingerprint density at radius 3 is 2.23 bits per heavy atom. The van der Waals surface area contributed by atoms with Crippen molar-refractivity contribution in [1.82, 2.24) is 4.57 Å². The summed E-state index contributed by atoms with van der Waals surface area (Å²) in [5.74, 6) is -1.05. The molecule has 2 aromatic carbocycles. The normalized spacial score (nSPS) is 11.7. The molecule has 0 aliphatic carbocycles. The summed E-state index contributed by atoms with van der Waals surface area (Å²) in [4.78, 5) is 23.7. The van der Waals surface area contributed by atoms with Crippen LogP contribution in [0.25, 0.3) is 0 Å². The van der Waals surface area contributed by atoms with E-state index in [1.807, 2.05) is 6.07 Å². The Kier molecular flexibility index (Phi) is 5.15. The van der Waals surface area contributed by atoms with Crippen molar-refractivity contribution in [2.75, 3.05) is 0 Å². The van der Waals surface area contributed by atoms with Gasteiger partial charge in [0.15, 0.2) is 5.75 Å². The minimum atomic E-state index is -1.35. The summed E-state index contributed by atoms with van der Waals surface area (Å²) < 4.78 is 6.99. The van der Waals surface area contributed by atoms with Crippen LogP contribution in [0, 0.1) is 0 Å². The van der Waals surface area contributed by atoms with Gasteiger partial charge in [-0.3, -0.25) is 4.79 Å². The number of aromatic carboxylic acids is 1. The molecule has 0 aliphatic heterocycles. The lowest BCUT2D eigenvalue weighted by molar-refractivity contribution is 0.0693. The molecule has 0 radical (unpaired) electrons. The summed E-state index contributed by atoms with van der Waals surface area (Å²) in [6, 6.07) is 17.6. The van der Waals surface area contributed by atoms with E-state index in [2.05, 4.69) is 0 Å². The molecule has 0 spiro atoms. The summed E-state index contributed by atoms with van der Waals surface area (Å²) >= 11 is 0. The number of rotatable bonds is 6. The monoisotopic (exact) mass is 351 g/mol. The number of para-hydroxylation sites is 1. The van der Waals surface area contributed by atoms with Gasteiger partial charge in [-0.05, 0) is 17.7 Å². The van der Waals surface area contributed by atoms with Gasteiger partial charge in [-0.25, -0.2) is 4.79 Å². The zero-order valence-corrected chi connectivity index (χ0v) is 13.8. The average molecular weight is 351 g/mol. The van der Waals surface area contributed by atoms with Gasteiger partial charge in [-0.1, -0.05) is 48.5 Å². The van der Waals surface area contributed by atoms with Crippen molar-refractivity contribution in [2.24, 2.45) is 0 Å². The number of ether oxygens (including phenoxy) is 1. The molecular weight excluding hydrogens is 334 g/mol. The first kappa shape index (κ1) is 17.4. The van der Waals surface area contributed by atoms with Gasteiger partial charge in [0, 0.05) is 6.20 Å². The highest BCUT2D eigenvalue weighted by Gasteiger charge is 2.17. The average Bonchev–Trinajstić information content (AvgIpc) is 2.65. The third-order valence-corrected chi connectivity index (χ3v) is 3.82. The van der Waals surface area contributed by atoms with E-state index in [9.17, 15) is 19.8 Å². The number of pyridine rings is 1. The van der Waals surface area contributed by atoms with Crippen LogP contribution in [0.4, 0.5) is 0 Å².